The lowest BCUT2D eigenvalue weighted by Crippen LogP contribution is -2.56. The molecule has 198 valence electrons. The zero-order valence-corrected chi connectivity index (χ0v) is 22.3. The first-order valence-electron chi connectivity index (χ1n) is 12.7. The molecule has 1 saturated carbocycles. The first kappa shape index (κ1) is 26.4. The van der Waals surface area contributed by atoms with Gasteiger partial charge in [0.1, 0.15) is 11.3 Å². The fourth-order valence-electron chi connectivity index (χ4n) is 6.51. The average Bonchev–Trinajstić information content (AvgIpc) is 3.11. The summed E-state index contributed by atoms with van der Waals surface area (Å²) < 4.78 is 20.4. The molecule has 0 bridgehead atoms. The van der Waals surface area contributed by atoms with Crippen molar-refractivity contribution < 1.29 is 23.8 Å². The number of hydrogen-bond donors (Lipinski definition) is 3. The largest absolute Gasteiger partial charge is 0.444 e. The highest BCUT2D eigenvalue weighted by Crippen LogP contribution is 2.63. The number of benzene rings is 1. The molecule has 36 heavy (non-hydrogen) atoms. The molecule has 4 rings (SSSR count). The van der Waals surface area contributed by atoms with E-state index < -0.39 is 34.4 Å². The Balaban J connectivity index is 1.90. The van der Waals surface area contributed by atoms with E-state index in [0.29, 0.717) is 30.5 Å². The minimum absolute atomic E-state index is 0.0268. The average molecular weight is 503 g/mol. The van der Waals surface area contributed by atoms with E-state index in [4.69, 9.17) is 15.5 Å². The number of rotatable bonds is 2. The van der Waals surface area contributed by atoms with Gasteiger partial charge in [0.2, 0.25) is 5.96 Å². The summed E-state index contributed by atoms with van der Waals surface area (Å²) in [5.41, 5.74) is 3.75. The van der Waals surface area contributed by atoms with Gasteiger partial charge in [-0.2, -0.15) is 0 Å². The van der Waals surface area contributed by atoms with Crippen molar-refractivity contribution in [3.63, 3.8) is 0 Å². The summed E-state index contributed by atoms with van der Waals surface area (Å²) in [7, 11) is 0. The lowest BCUT2D eigenvalue weighted by atomic mass is 9.56. The van der Waals surface area contributed by atoms with Crippen LogP contribution >= 0.6 is 0 Å². The molecule has 3 atom stereocenters. The van der Waals surface area contributed by atoms with Crippen LogP contribution in [0, 0.1) is 17.3 Å². The molecule has 3 aliphatic rings. The third-order valence-electron chi connectivity index (χ3n) is 7.64. The Labute approximate surface area is 212 Å². The van der Waals surface area contributed by atoms with E-state index >= 15 is 0 Å². The number of fused-ring (bicyclic) bond motifs is 3. The topological polar surface area (TPSA) is 117 Å². The number of guanidine groups is 1. The summed E-state index contributed by atoms with van der Waals surface area (Å²) in [6.45, 7) is 11.7. The Bertz CT molecular complexity index is 1090. The zero-order valence-electron chi connectivity index (χ0n) is 22.3. The number of anilines is 1. The fourth-order valence-corrected chi connectivity index (χ4v) is 6.51. The number of alkyl carbamates (subject to hydrolysis) is 1. The monoisotopic (exact) mass is 502 g/mol. The van der Waals surface area contributed by atoms with Gasteiger partial charge in [-0.3, -0.25) is 15.0 Å². The van der Waals surface area contributed by atoms with Crippen molar-refractivity contribution in [3.05, 3.63) is 29.3 Å². The lowest BCUT2D eigenvalue weighted by Gasteiger charge is -2.49. The third-order valence-corrected chi connectivity index (χ3v) is 7.64. The molecule has 3 unspecified atom stereocenters. The van der Waals surface area contributed by atoms with Crippen molar-refractivity contribution in [2.45, 2.75) is 90.6 Å². The van der Waals surface area contributed by atoms with E-state index in [1.807, 2.05) is 26.0 Å². The number of ether oxygens (including phenoxy) is 1. The predicted molar refractivity (Wildman–Crippen MR) is 136 cm³/mol. The Hall–Kier alpha value is -2.68. The number of nitrogens with two attached hydrogens (primary N) is 1. The zero-order chi connectivity index (χ0) is 26.8. The smallest absolute Gasteiger partial charge is 0.414 e. The second kappa shape index (κ2) is 8.43. The number of hydrogen-bond acceptors (Lipinski definition) is 6. The summed E-state index contributed by atoms with van der Waals surface area (Å²) in [6.07, 6.45) is 0.408. The summed E-state index contributed by atoms with van der Waals surface area (Å²) in [4.78, 5) is 33.4. The second-order valence-corrected chi connectivity index (χ2v) is 12.6. The molecule has 2 spiro atoms. The van der Waals surface area contributed by atoms with E-state index in [0.717, 1.165) is 5.56 Å². The maximum atomic E-state index is 15.0. The number of nitrogens with zero attached hydrogens (tertiary/aromatic N) is 2. The number of carbonyl (C=O) groups is 2. The maximum Gasteiger partial charge on any atom is 0.414 e. The highest BCUT2D eigenvalue weighted by molar-refractivity contribution is 6.12. The summed E-state index contributed by atoms with van der Waals surface area (Å²) in [5.74, 6) is -0.566. The quantitative estimate of drug-likeness (QED) is 0.530. The van der Waals surface area contributed by atoms with Gasteiger partial charge in [-0.1, -0.05) is 19.9 Å². The number of nitrogens with one attached hydrogen (secondary N) is 1. The molecular weight excluding hydrogens is 463 g/mol. The van der Waals surface area contributed by atoms with Crippen molar-refractivity contribution in [1.82, 2.24) is 10.2 Å². The number of halogens is 1. The fraction of sp³-hybridized carbons (Fsp3) is 0.667. The van der Waals surface area contributed by atoms with Gasteiger partial charge in [0.05, 0.1) is 12.6 Å². The summed E-state index contributed by atoms with van der Waals surface area (Å²) in [5, 5.41) is 13.4. The van der Waals surface area contributed by atoms with Gasteiger partial charge >= 0.3 is 6.09 Å². The van der Waals surface area contributed by atoms with E-state index in [-0.39, 0.29) is 30.2 Å². The number of nitrogen functional groups attached to an aromatic ring is 1. The van der Waals surface area contributed by atoms with Crippen LogP contribution in [0.4, 0.5) is 14.9 Å². The minimum atomic E-state index is -1.74. The highest BCUT2D eigenvalue weighted by atomic mass is 19.1. The van der Waals surface area contributed by atoms with Crippen molar-refractivity contribution in [3.8, 4) is 0 Å². The molecule has 8 nitrogen and oxygen atoms in total. The Morgan fingerprint density at radius 1 is 1.25 bits per heavy atom. The van der Waals surface area contributed by atoms with Crippen LogP contribution in [0.3, 0.4) is 0 Å². The van der Waals surface area contributed by atoms with Crippen LogP contribution in [0.2, 0.25) is 0 Å². The van der Waals surface area contributed by atoms with Gasteiger partial charge in [0.15, 0.2) is 5.54 Å². The van der Waals surface area contributed by atoms with Crippen LogP contribution in [-0.4, -0.2) is 51.9 Å². The molecule has 2 aliphatic carbocycles. The van der Waals surface area contributed by atoms with Crippen molar-refractivity contribution in [1.29, 1.82) is 0 Å². The highest BCUT2D eigenvalue weighted by Gasteiger charge is 2.68. The molecule has 0 radical (unpaired) electrons. The van der Waals surface area contributed by atoms with Crippen LogP contribution in [0.5, 0.6) is 0 Å². The van der Waals surface area contributed by atoms with E-state index in [9.17, 15) is 19.1 Å². The standard InChI is InChI=1S/C27H39FN4O4/c1-15-11-26(12-16(2)20(15)33)13-17-8-9-18(29)10-19(17)27(26)21(34)32(14-25(6,7)28)22(31-27)30-23(35)36-24(3,4)5/h8-10,15-16,20,33H,11-14,29H2,1-7H3,(H,30,31,35). The van der Waals surface area contributed by atoms with E-state index in [2.05, 4.69) is 5.32 Å². The number of amides is 2. The molecule has 1 fully saturated rings. The van der Waals surface area contributed by atoms with Crippen molar-refractivity contribution >= 4 is 23.6 Å². The number of alkyl halides is 1. The van der Waals surface area contributed by atoms with Crippen LogP contribution in [0.15, 0.2) is 23.2 Å². The minimum Gasteiger partial charge on any atom is -0.444 e. The summed E-state index contributed by atoms with van der Waals surface area (Å²) >= 11 is 0. The van der Waals surface area contributed by atoms with Crippen LogP contribution < -0.4 is 11.1 Å². The first-order valence-corrected chi connectivity index (χ1v) is 12.7. The second-order valence-electron chi connectivity index (χ2n) is 12.6. The molecule has 0 saturated heterocycles. The van der Waals surface area contributed by atoms with E-state index in [1.54, 1.807) is 26.8 Å². The van der Waals surface area contributed by atoms with Gasteiger partial charge < -0.3 is 15.6 Å². The van der Waals surface area contributed by atoms with Gasteiger partial charge in [0.25, 0.3) is 5.91 Å². The first-order chi connectivity index (χ1) is 16.5. The number of aliphatic hydroxyl groups is 1. The van der Waals surface area contributed by atoms with Crippen molar-refractivity contribution in [2.24, 2.45) is 22.2 Å². The Morgan fingerprint density at radius 3 is 2.42 bits per heavy atom. The molecule has 1 aromatic rings. The van der Waals surface area contributed by atoms with Crippen LogP contribution in [0.25, 0.3) is 0 Å². The van der Waals surface area contributed by atoms with Gasteiger partial charge in [-0.25, -0.2) is 14.2 Å². The molecule has 1 aliphatic heterocycles. The predicted octanol–water partition coefficient (Wildman–Crippen LogP) is 3.90. The van der Waals surface area contributed by atoms with Gasteiger partial charge in [-0.15, -0.1) is 0 Å². The number of aliphatic imine (C=N–C) groups is 1. The third kappa shape index (κ3) is 4.35. The molecule has 4 N–H and O–H groups in total. The lowest BCUT2D eigenvalue weighted by molar-refractivity contribution is -0.142. The van der Waals surface area contributed by atoms with Gasteiger partial charge in [-0.05, 0) is 89.0 Å². The normalized spacial score (nSPS) is 32.1. The maximum absolute atomic E-state index is 15.0. The van der Waals surface area contributed by atoms with E-state index in [1.165, 1.54) is 18.7 Å². The molecule has 9 heteroatoms. The number of aliphatic hydroxyl groups excluding tert-OH is 1. The van der Waals surface area contributed by atoms with Gasteiger partial charge in [0, 0.05) is 11.1 Å². The van der Waals surface area contributed by atoms with Crippen LogP contribution in [-0.2, 0) is 21.5 Å². The van der Waals surface area contributed by atoms with Crippen molar-refractivity contribution in [2.75, 3.05) is 12.3 Å². The summed E-state index contributed by atoms with van der Waals surface area (Å²) in [6, 6.07) is 5.51. The molecule has 1 aromatic carbocycles. The molecule has 2 amide bonds. The van der Waals surface area contributed by atoms with Crippen LogP contribution in [0.1, 0.15) is 72.4 Å². The Morgan fingerprint density at radius 2 is 1.86 bits per heavy atom. The molecule has 1 heterocycles. The molecular formula is C27H39FN4O4. The SMILES string of the molecule is CC1CC2(Cc3ccc(N)cc3C23N=C(NC(=O)OC(C)(C)C)N(CC(C)(C)F)C3=O)CC(C)C1O. The number of carbonyl (C=O) groups excluding carboxylic acids is 2. The Kier molecular flexibility index (Phi) is 6.18. The molecule has 0 aromatic heterocycles.